The Morgan fingerprint density at radius 2 is 2.00 bits per heavy atom. The Balaban J connectivity index is 2.01. The monoisotopic (exact) mass is 262 g/mol. The second kappa shape index (κ2) is 5.56. The Labute approximate surface area is 109 Å². The van der Waals surface area contributed by atoms with Gasteiger partial charge >= 0.3 is 0 Å². The summed E-state index contributed by atoms with van der Waals surface area (Å²) in [6.07, 6.45) is 1.65. The molecule has 19 heavy (non-hydrogen) atoms. The lowest BCUT2D eigenvalue weighted by Gasteiger charge is -2.05. The van der Waals surface area contributed by atoms with Crippen molar-refractivity contribution in [2.24, 2.45) is 0 Å². The SMILES string of the molecule is Cc1ccc(CNC(=O)c2ccc(F)c(F)c2)cn1. The van der Waals surface area contributed by atoms with Gasteiger partial charge in [-0.1, -0.05) is 6.07 Å². The molecule has 0 atom stereocenters. The summed E-state index contributed by atoms with van der Waals surface area (Å²) in [6.45, 7) is 2.15. The molecular formula is C14H12F2N2O. The van der Waals surface area contributed by atoms with Crippen molar-refractivity contribution in [3.63, 3.8) is 0 Å². The molecular weight excluding hydrogens is 250 g/mol. The molecule has 0 fully saturated rings. The predicted octanol–water partition coefficient (Wildman–Crippen LogP) is 2.60. The van der Waals surface area contributed by atoms with E-state index in [1.807, 2.05) is 19.1 Å². The zero-order valence-electron chi connectivity index (χ0n) is 10.3. The topological polar surface area (TPSA) is 42.0 Å². The number of benzene rings is 1. The van der Waals surface area contributed by atoms with Gasteiger partial charge in [0.15, 0.2) is 11.6 Å². The molecule has 1 N–H and O–H groups in total. The first-order chi connectivity index (χ1) is 9.06. The fourth-order valence-corrected chi connectivity index (χ4v) is 1.52. The van der Waals surface area contributed by atoms with E-state index in [-0.39, 0.29) is 12.1 Å². The van der Waals surface area contributed by atoms with Crippen molar-refractivity contribution in [1.82, 2.24) is 10.3 Å². The van der Waals surface area contributed by atoms with Gasteiger partial charge in [-0.3, -0.25) is 9.78 Å². The number of carbonyl (C=O) groups excluding carboxylic acids is 1. The molecule has 1 aromatic carbocycles. The standard InChI is InChI=1S/C14H12F2N2O/c1-9-2-3-10(7-17-9)8-18-14(19)11-4-5-12(15)13(16)6-11/h2-7H,8H2,1H3,(H,18,19). The summed E-state index contributed by atoms with van der Waals surface area (Å²) in [5, 5.41) is 2.61. The summed E-state index contributed by atoms with van der Waals surface area (Å²) < 4.78 is 25.7. The molecule has 1 amide bonds. The van der Waals surface area contributed by atoms with E-state index in [1.54, 1.807) is 6.20 Å². The Kier molecular flexibility index (Phi) is 3.85. The van der Waals surface area contributed by atoms with Crippen LogP contribution in [0.3, 0.4) is 0 Å². The van der Waals surface area contributed by atoms with E-state index in [2.05, 4.69) is 10.3 Å². The van der Waals surface area contributed by atoms with Gasteiger partial charge in [-0.2, -0.15) is 0 Å². The normalized spacial score (nSPS) is 10.3. The average Bonchev–Trinajstić information content (AvgIpc) is 2.41. The largest absolute Gasteiger partial charge is 0.348 e. The van der Waals surface area contributed by atoms with E-state index in [1.165, 1.54) is 6.07 Å². The van der Waals surface area contributed by atoms with Gasteiger partial charge < -0.3 is 5.32 Å². The van der Waals surface area contributed by atoms with E-state index in [4.69, 9.17) is 0 Å². The van der Waals surface area contributed by atoms with Gasteiger partial charge in [0.2, 0.25) is 0 Å². The summed E-state index contributed by atoms with van der Waals surface area (Å²) in [5.74, 6) is -2.47. The van der Waals surface area contributed by atoms with E-state index in [0.29, 0.717) is 0 Å². The van der Waals surface area contributed by atoms with Crippen LogP contribution in [0.4, 0.5) is 8.78 Å². The van der Waals surface area contributed by atoms with Crippen LogP contribution in [0, 0.1) is 18.6 Å². The highest BCUT2D eigenvalue weighted by atomic mass is 19.2. The first-order valence-corrected chi connectivity index (χ1v) is 5.71. The smallest absolute Gasteiger partial charge is 0.251 e. The zero-order chi connectivity index (χ0) is 13.8. The van der Waals surface area contributed by atoms with Crippen LogP contribution in [0.2, 0.25) is 0 Å². The molecule has 0 spiro atoms. The van der Waals surface area contributed by atoms with Crippen molar-refractivity contribution in [3.8, 4) is 0 Å². The molecule has 0 bridgehead atoms. The number of hydrogen-bond acceptors (Lipinski definition) is 2. The van der Waals surface area contributed by atoms with Gasteiger partial charge in [0.1, 0.15) is 0 Å². The van der Waals surface area contributed by atoms with Crippen LogP contribution in [-0.4, -0.2) is 10.9 Å². The van der Waals surface area contributed by atoms with Gasteiger partial charge in [0.05, 0.1) is 0 Å². The third-order valence-electron chi connectivity index (χ3n) is 2.61. The van der Waals surface area contributed by atoms with Crippen molar-refractivity contribution in [2.45, 2.75) is 13.5 Å². The number of nitrogens with zero attached hydrogens (tertiary/aromatic N) is 1. The van der Waals surface area contributed by atoms with Crippen LogP contribution in [0.5, 0.6) is 0 Å². The molecule has 3 nitrogen and oxygen atoms in total. The maximum atomic E-state index is 13.0. The minimum Gasteiger partial charge on any atom is -0.348 e. The minimum absolute atomic E-state index is 0.0824. The molecule has 0 saturated carbocycles. The van der Waals surface area contributed by atoms with Gasteiger partial charge in [-0.15, -0.1) is 0 Å². The Bertz CT molecular complexity index is 597. The molecule has 5 heteroatoms. The summed E-state index contributed by atoms with van der Waals surface area (Å²) in [5.41, 5.74) is 1.80. The van der Waals surface area contributed by atoms with Crippen LogP contribution in [0.25, 0.3) is 0 Å². The number of nitrogens with one attached hydrogen (secondary N) is 1. The Hall–Kier alpha value is -2.30. The first kappa shape index (κ1) is 13.1. The van der Waals surface area contributed by atoms with Gasteiger partial charge in [0, 0.05) is 24.0 Å². The fraction of sp³-hybridized carbons (Fsp3) is 0.143. The summed E-state index contributed by atoms with van der Waals surface area (Å²) >= 11 is 0. The minimum atomic E-state index is -1.04. The third kappa shape index (κ3) is 3.34. The van der Waals surface area contributed by atoms with Crippen LogP contribution in [-0.2, 0) is 6.54 Å². The maximum Gasteiger partial charge on any atom is 0.251 e. The van der Waals surface area contributed by atoms with Gasteiger partial charge in [0.25, 0.3) is 5.91 Å². The highest BCUT2D eigenvalue weighted by Gasteiger charge is 2.09. The molecule has 0 radical (unpaired) electrons. The second-order valence-electron chi connectivity index (χ2n) is 4.12. The number of rotatable bonds is 3. The van der Waals surface area contributed by atoms with E-state index in [9.17, 15) is 13.6 Å². The summed E-state index contributed by atoms with van der Waals surface area (Å²) in [7, 11) is 0. The van der Waals surface area contributed by atoms with Crippen LogP contribution in [0.15, 0.2) is 36.5 Å². The van der Waals surface area contributed by atoms with Crippen molar-refractivity contribution in [2.75, 3.05) is 0 Å². The molecule has 0 aliphatic carbocycles. The summed E-state index contributed by atoms with van der Waals surface area (Å²) in [4.78, 5) is 15.8. The van der Waals surface area contributed by atoms with Crippen molar-refractivity contribution in [1.29, 1.82) is 0 Å². The molecule has 0 aliphatic rings. The molecule has 0 aliphatic heterocycles. The Morgan fingerprint density at radius 1 is 1.21 bits per heavy atom. The zero-order valence-corrected chi connectivity index (χ0v) is 10.3. The molecule has 98 valence electrons. The predicted molar refractivity (Wildman–Crippen MR) is 66.5 cm³/mol. The van der Waals surface area contributed by atoms with E-state index >= 15 is 0 Å². The third-order valence-corrected chi connectivity index (χ3v) is 2.61. The molecule has 0 unspecified atom stereocenters. The highest BCUT2D eigenvalue weighted by Crippen LogP contribution is 2.09. The van der Waals surface area contributed by atoms with Crippen molar-refractivity contribution < 1.29 is 13.6 Å². The van der Waals surface area contributed by atoms with Crippen molar-refractivity contribution in [3.05, 3.63) is 65.0 Å². The maximum absolute atomic E-state index is 13.0. The number of halogens is 2. The number of aryl methyl sites for hydroxylation is 1. The molecule has 2 aromatic rings. The van der Waals surface area contributed by atoms with Crippen LogP contribution < -0.4 is 5.32 Å². The van der Waals surface area contributed by atoms with Crippen LogP contribution >= 0.6 is 0 Å². The number of carbonyl (C=O) groups is 1. The molecule has 2 rings (SSSR count). The second-order valence-corrected chi connectivity index (χ2v) is 4.12. The lowest BCUT2D eigenvalue weighted by atomic mass is 10.2. The number of amides is 1. The fourth-order valence-electron chi connectivity index (χ4n) is 1.52. The molecule has 1 aromatic heterocycles. The number of pyridine rings is 1. The molecule has 1 heterocycles. The summed E-state index contributed by atoms with van der Waals surface area (Å²) in [6, 6.07) is 6.71. The van der Waals surface area contributed by atoms with E-state index < -0.39 is 17.5 Å². The highest BCUT2D eigenvalue weighted by molar-refractivity contribution is 5.94. The number of aromatic nitrogens is 1. The van der Waals surface area contributed by atoms with Crippen molar-refractivity contribution >= 4 is 5.91 Å². The lowest BCUT2D eigenvalue weighted by molar-refractivity contribution is 0.0950. The lowest BCUT2D eigenvalue weighted by Crippen LogP contribution is -2.23. The van der Waals surface area contributed by atoms with Gasteiger partial charge in [-0.25, -0.2) is 8.78 Å². The quantitative estimate of drug-likeness (QED) is 0.923. The number of hydrogen-bond donors (Lipinski definition) is 1. The van der Waals surface area contributed by atoms with Crippen LogP contribution in [0.1, 0.15) is 21.6 Å². The van der Waals surface area contributed by atoms with Gasteiger partial charge in [-0.05, 0) is 36.8 Å². The van der Waals surface area contributed by atoms with E-state index in [0.717, 1.165) is 23.4 Å². The Morgan fingerprint density at radius 3 is 2.63 bits per heavy atom. The molecule has 0 saturated heterocycles. The average molecular weight is 262 g/mol. The first-order valence-electron chi connectivity index (χ1n) is 5.71.